The van der Waals surface area contributed by atoms with Crippen molar-refractivity contribution in [2.24, 2.45) is 0 Å². The van der Waals surface area contributed by atoms with Crippen LogP contribution in [0, 0.1) is 0 Å². The van der Waals surface area contributed by atoms with Gasteiger partial charge in [0.15, 0.2) is 0 Å². The zero-order chi connectivity index (χ0) is 9.94. The largest absolute Gasteiger partial charge is 0.449 e. The first-order valence-electron chi connectivity index (χ1n) is 4.96. The Morgan fingerprint density at radius 2 is 2.00 bits per heavy atom. The first-order chi connectivity index (χ1) is 6.31. The highest BCUT2D eigenvalue weighted by atomic mass is 16.5. The molecule has 0 aliphatic heterocycles. The third kappa shape index (κ3) is 9.14. The van der Waals surface area contributed by atoms with Crippen molar-refractivity contribution in [3.05, 3.63) is 0 Å². The number of hydrogen-bond acceptors (Lipinski definition) is 3. The highest BCUT2D eigenvalue weighted by Gasteiger charge is 1.96. The van der Waals surface area contributed by atoms with Crippen LogP contribution >= 0.6 is 0 Å². The van der Waals surface area contributed by atoms with Crippen molar-refractivity contribution in [1.82, 2.24) is 10.9 Å². The number of amides is 1. The maximum Gasteiger partial charge on any atom is 0.421 e. The molecule has 0 fully saturated rings. The van der Waals surface area contributed by atoms with Gasteiger partial charge in [-0.2, -0.15) is 0 Å². The number of carbonyl (C=O) groups is 1. The van der Waals surface area contributed by atoms with Gasteiger partial charge in [-0.25, -0.2) is 10.2 Å². The van der Waals surface area contributed by atoms with Gasteiger partial charge in [0.1, 0.15) is 0 Å². The second-order valence-corrected chi connectivity index (χ2v) is 2.83. The van der Waals surface area contributed by atoms with Crippen molar-refractivity contribution in [3.8, 4) is 0 Å². The molecular weight excluding hydrogens is 168 g/mol. The number of ether oxygens (including phenoxy) is 1. The van der Waals surface area contributed by atoms with Gasteiger partial charge in [0.25, 0.3) is 0 Å². The van der Waals surface area contributed by atoms with E-state index in [1.165, 1.54) is 19.3 Å². The summed E-state index contributed by atoms with van der Waals surface area (Å²) in [6, 6.07) is 0. The summed E-state index contributed by atoms with van der Waals surface area (Å²) in [6.45, 7) is 5.16. The second kappa shape index (κ2) is 9.32. The summed E-state index contributed by atoms with van der Waals surface area (Å²) < 4.78 is 4.66. The lowest BCUT2D eigenvalue weighted by molar-refractivity contribution is 0.147. The molecule has 0 radical (unpaired) electrons. The van der Waals surface area contributed by atoms with Crippen LogP contribution in [0.5, 0.6) is 0 Å². The van der Waals surface area contributed by atoms with Crippen LogP contribution in [-0.2, 0) is 4.74 Å². The highest BCUT2D eigenvalue weighted by Crippen LogP contribution is 1.96. The monoisotopic (exact) mass is 188 g/mol. The summed E-state index contributed by atoms with van der Waals surface area (Å²) >= 11 is 0. The minimum atomic E-state index is -0.405. The molecule has 0 aliphatic carbocycles. The molecule has 0 saturated heterocycles. The van der Waals surface area contributed by atoms with Crippen LogP contribution in [0.4, 0.5) is 4.79 Å². The zero-order valence-electron chi connectivity index (χ0n) is 8.56. The average molecular weight is 188 g/mol. The molecule has 0 spiro atoms. The Morgan fingerprint density at radius 3 is 2.62 bits per heavy atom. The lowest BCUT2D eigenvalue weighted by Gasteiger charge is -2.06. The van der Waals surface area contributed by atoms with E-state index in [4.69, 9.17) is 0 Å². The average Bonchev–Trinajstić information content (AvgIpc) is 2.11. The van der Waals surface area contributed by atoms with Gasteiger partial charge in [0, 0.05) is 6.54 Å². The number of nitrogens with one attached hydrogen (secondary N) is 2. The molecule has 0 atom stereocenters. The SMILES string of the molecule is CCCCCCNNC(=O)OCC. The molecule has 13 heavy (non-hydrogen) atoms. The number of unbranched alkanes of at least 4 members (excludes halogenated alkanes) is 3. The summed E-state index contributed by atoms with van der Waals surface area (Å²) in [5, 5.41) is 0. The summed E-state index contributed by atoms with van der Waals surface area (Å²) in [7, 11) is 0. The van der Waals surface area contributed by atoms with Crippen LogP contribution < -0.4 is 10.9 Å². The predicted octanol–water partition coefficient (Wildman–Crippen LogP) is 1.82. The van der Waals surface area contributed by atoms with Crippen LogP contribution in [-0.4, -0.2) is 19.2 Å². The number of carbonyl (C=O) groups excluding carboxylic acids is 1. The number of hydrogen-bond donors (Lipinski definition) is 2. The summed E-state index contributed by atoms with van der Waals surface area (Å²) in [6.07, 6.45) is 4.36. The first-order valence-corrected chi connectivity index (χ1v) is 4.96. The second-order valence-electron chi connectivity index (χ2n) is 2.83. The van der Waals surface area contributed by atoms with Crippen LogP contribution in [0.1, 0.15) is 39.5 Å². The standard InChI is InChI=1S/C9H20N2O2/c1-3-5-6-7-8-10-11-9(12)13-4-2/h10H,3-8H2,1-2H3,(H,11,12). The van der Waals surface area contributed by atoms with Crippen molar-refractivity contribution < 1.29 is 9.53 Å². The molecule has 0 saturated carbocycles. The normalized spacial score (nSPS) is 9.69. The lowest BCUT2D eigenvalue weighted by atomic mass is 10.2. The molecule has 4 nitrogen and oxygen atoms in total. The van der Waals surface area contributed by atoms with Gasteiger partial charge in [-0.05, 0) is 13.3 Å². The van der Waals surface area contributed by atoms with E-state index in [0.29, 0.717) is 6.61 Å². The molecule has 0 rings (SSSR count). The van der Waals surface area contributed by atoms with Crippen LogP contribution in [0.25, 0.3) is 0 Å². The Labute approximate surface area is 80.0 Å². The van der Waals surface area contributed by atoms with Crippen molar-refractivity contribution in [1.29, 1.82) is 0 Å². The Hall–Kier alpha value is -0.770. The quantitative estimate of drug-likeness (QED) is 0.473. The minimum absolute atomic E-state index is 0.405. The highest BCUT2D eigenvalue weighted by molar-refractivity contribution is 5.66. The smallest absolute Gasteiger partial charge is 0.421 e. The molecular formula is C9H20N2O2. The van der Waals surface area contributed by atoms with Gasteiger partial charge < -0.3 is 4.74 Å². The van der Waals surface area contributed by atoms with Crippen molar-refractivity contribution in [2.45, 2.75) is 39.5 Å². The number of rotatable bonds is 7. The minimum Gasteiger partial charge on any atom is -0.449 e. The fourth-order valence-corrected chi connectivity index (χ4v) is 0.942. The van der Waals surface area contributed by atoms with Gasteiger partial charge in [0.05, 0.1) is 6.61 Å². The molecule has 0 aliphatic rings. The van der Waals surface area contributed by atoms with Gasteiger partial charge in [-0.1, -0.05) is 26.2 Å². The van der Waals surface area contributed by atoms with Crippen molar-refractivity contribution in [3.63, 3.8) is 0 Å². The molecule has 1 amide bonds. The molecule has 0 unspecified atom stereocenters. The number of hydrazine groups is 1. The van der Waals surface area contributed by atoms with E-state index in [-0.39, 0.29) is 0 Å². The zero-order valence-corrected chi connectivity index (χ0v) is 8.56. The fraction of sp³-hybridized carbons (Fsp3) is 0.889. The molecule has 78 valence electrons. The summed E-state index contributed by atoms with van der Waals surface area (Å²) in [5.74, 6) is 0. The molecule has 0 aromatic carbocycles. The Balaban J connectivity index is 3.02. The molecule has 2 N–H and O–H groups in total. The maximum atomic E-state index is 10.7. The maximum absolute atomic E-state index is 10.7. The van der Waals surface area contributed by atoms with Crippen LogP contribution in [0.15, 0.2) is 0 Å². The van der Waals surface area contributed by atoms with E-state index in [1.807, 2.05) is 0 Å². The molecule has 0 heterocycles. The van der Waals surface area contributed by atoms with E-state index in [0.717, 1.165) is 13.0 Å². The van der Waals surface area contributed by atoms with Crippen molar-refractivity contribution >= 4 is 6.09 Å². The van der Waals surface area contributed by atoms with Gasteiger partial charge >= 0.3 is 6.09 Å². The van der Waals surface area contributed by atoms with Gasteiger partial charge in [-0.3, -0.25) is 5.43 Å². The van der Waals surface area contributed by atoms with Crippen LogP contribution in [0.3, 0.4) is 0 Å². The third-order valence-electron chi connectivity index (χ3n) is 1.62. The summed E-state index contributed by atoms with van der Waals surface area (Å²) in [4.78, 5) is 10.7. The Morgan fingerprint density at radius 1 is 1.23 bits per heavy atom. The first kappa shape index (κ1) is 12.2. The lowest BCUT2D eigenvalue weighted by Crippen LogP contribution is -2.38. The predicted molar refractivity (Wildman–Crippen MR) is 52.3 cm³/mol. The molecule has 0 aromatic rings. The molecule has 0 aromatic heterocycles. The molecule has 4 heteroatoms. The van der Waals surface area contributed by atoms with Gasteiger partial charge in [-0.15, -0.1) is 0 Å². The third-order valence-corrected chi connectivity index (χ3v) is 1.62. The summed E-state index contributed by atoms with van der Waals surface area (Å²) in [5.41, 5.74) is 5.25. The van der Waals surface area contributed by atoms with E-state index in [1.54, 1.807) is 6.92 Å². The van der Waals surface area contributed by atoms with E-state index in [9.17, 15) is 4.79 Å². The fourth-order valence-electron chi connectivity index (χ4n) is 0.942. The topological polar surface area (TPSA) is 50.4 Å². The molecule has 0 bridgehead atoms. The van der Waals surface area contributed by atoms with Gasteiger partial charge in [0.2, 0.25) is 0 Å². The van der Waals surface area contributed by atoms with E-state index >= 15 is 0 Å². The Kier molecular flexibility index (Phi) is 8.77. The Bertz CT molecular complexity index is 129. The van der Waals surface area contributed by atoms with Crippen LogP contribution in [0.2, 0.25) is 0 Å². The van der Waals surface area contributed by atoms with Crippen molar-refractivity contribution in [2.75, 3.05) is 13.2 Å². The van der Waals surface area contributed by atoms with E-state index in [2.05, 4.69) is 22.5 Å². The van der Waals surface area contributed by atoms with E-state index < -0.39 is 6.09 Å².